The van der Waals surface area contributed by atoms with Crippen LogP contribution < -0.4 is 5.32 Å². The van der Waals surface area contributed by atoms with Crippen molar-refractivity contribution in [3.05, 3.63) is 17.5 Å². The second-order valence-electron chi connectivity index (χ2n) is 4.75. The van der Waals surface area contributed by atoms with E-state index < -0.39 is 0 Å². The second-order valence-corrected chi connectivity index (χ2v) is 4.75. The number of rotatable bonds is 4. The van der Waals surface area contributed by atoms with E-state index in [9.17, 15) is 4.79 Å². The van der Waals surface area contributed by atoms with E-state index in [1.165, 1.54) is 0 Å². The topological polar surface area (TPSA) is 46.9 Å². The molecule has 2 heterocycles. The Kier molecular flexibility index (Phi) is 3.10. The van der Waals surface area contributed by atoms with E-state index >= 15 is 0 Å². The Bertz CT molecular complexity index is 393. The molecule has 1 unspecified atom stereocenters. The Balaban J connectivity index is 1.98. The summed E-state index contributed by atoms with van der Waals surface area (Å²) in [6, 6.07) is 1.99. The van der Waals surface area contributed by atoms with Crippen molar-refractivity contribution in [2.75, 3.05) is 13.1 Å². The first kappa shape index (κ1) is 11.3. The molecule has 1 N–H and O–H groups in total. The first-order valence-corrected chi connectivity index (χ1v) is 5.81. The highest BCUT2D eigenvalue weighted by molar-refractivity contribution is 5.83. The molecule has 88 valence electrons. The molecule has 2 rings (SSSR count). The summed E-state index contributed by atoms with van der Waals surface area (Å²) in [6.07, 6.45) is 0.509. The highest BCUT2D eigenvalue weighted by atomic mass is 16.1. The molecule has 0 amide bonds. The summed E-state index contributed by atoms with van der Waals surface area (Å²) in [5.74, 6) is 1.02. The summed E-state index contributed by atoms with van der Waals surface area (Å²) in [7, 11) is 1.89. The Morgan fingerprint density at radius 2 is 2.38 bits per heavy atom. The number of hydrogen-bond donors (Lipinski definition) is 1. The molecule has 0 bridgehead atoms. The quantitative estimate of drug-likeness (QED) is 0.814. The maximum atomic E-state index is 12.0. The fraction of sp³-hybridized carbons (Fsp3) is 0.667. The van der Waals surface area contributed by atoms with Crippen molar-refractivity contribution in [3.8, 4) is 0 Å². The Hall–Kier alpha value is -1.16. The van der Waals surface area contributed by atoms with Crippen LogP contribution in [0.15, 0.2) is 6.07 Å². The molecular weight excluding hydrogens is 202 g/mol. The van der Waals surface area contributed by atoms with Gasteiger partial charge in [-0.2, -0.15) is 5.10 Å². The van der Waals surface area contributed by atoms with Crippen LogP contribution in [0.25, 0.3) is 0 Å². The minimum absolute atomic E-state index is 0.163. The predicted molar refractivity (Wildman–Crippen MR) is 62.2 cm³/mol. The van der Waals surface area contributed by atoms with Crippen molar-refractivity contribution < 1.29 is 4.79 Å². The molecule has 0 aromatic carbocycles. The monoisotopic (exact) mass is 221 g/mol. The minimum Gasteiger partial charge on any atom is -0.316 e. The normalized spacial score (nSPS) is 18.2. The summed E-state index contributed by atoms with van der Waals surface area (Å²) in [6.45, 7) is 5.96. The van der Waals surface area contributed by atoms with Crippen LogP contribution in [-0.4, -0.2) is 28.7 Å². The van der Waals surface area contributed by atoms with Gasteiger partial charge >= 0.3 is 0 Å². The lowest BCUT2D eigenvalue weighted by Crippen LogP contribution is -2.47. The number of Topliss-reactive ketones (excluding diaryl/α,β-unsaturated/α-hetero) is 1. The zero-order chi connectivity index (χ0) is 11.7. The largest absolute Gasteiger partial charge is 0.316 e. The Morgan fingerprint density at radius 3 is 2.81 bits per heavy atom. The van der Waals surface area contributed by atoms with Crippen LogP contribution in [0.2, 0.25) is 0 Å². The third kappa shape index (κ3) is 2.16. The number of nitrogens with zero attached hydrogens (tertiary/aromatic N) is 2. The highest BCUT2D eigenvalue weighted by Gasteiger charge is 2.28. The molecule has 0 spiro atoms. The number of carbonyl (C=O) groups excluding carboxylic acids is 1. The van der Waals surface area contributed by atoms with Gasteiger partial charge in [0.15, 0.2) is 0 Å². The molecule has 0 radical (unpaired) electrons. The van der Waals surface area contributed by atoms with Crippen LogP contribution in [0.5, 0.6) is 0 Å². The van der Waals surface area contributed by atoms with Gasteiger partial charge in [-0.05, 0) is 32.0 Å². The van der Waals surface area contributed by atoms with E-state index in [1.54, 1.807) is 4.68 Å². The molecule has 1 aliphatic rings. The standard InChI is InChI=1S/C12H19N3O/c1-8-4-11(15(3)14-8)5-12(16)9(2)10-6-13-7-10/h4,9-10,13H,5-7H2,1-3H3. The predicted octanol–water partition coefficient (Wildman–Crippen LogP) is 0.696. The summed E-state index contributed by atoms with van der Waals surface area (Å²) < 4.78 is 1.80. The number of aromatic nitrogens is 2. The fourth-order valence-electron chi connectivity index (χ4n) is 2.10. The third-order valence-electron chi connectivity index (χ3n) is 3.48. The van der Waals surface area contributed by atoms with E-state index in [1.807, 2.05) is 27.0 Å². The van der Waals surface area contributed by atoms with Gasteiger partial charge in [0, 0.05) is 25.1 Å². The van der Waals surface area contributed by atoms with Gasteiger partial charge < -0.3 is 5.32 Å². The molecule has 1 atom stereocenters. The summed E-state index contributed by atoms with van der Waals surface area (Å²) >= 11 is 0. The zero-order valence-corrected chi connectivity index (χ0v) is 10.2. The van der Waals surface area contributed by atoms with Crippen LogP contribution >= 0.6 is 0 Å². The van der Waals surface area contributed by atoms with Crippen molar-refractivity contribution in [3.63, 3.8) is 0 Å². The van der Waals surface area contributed by atoms with E-state index in [0.717, 1.165) is 24.5 Å². The highest BCUT2D eigenvalue weighted by Crippen LogP contribution is 2.18. The average Bonchev–Trinajstić information content (AvgIpc) is 2.42. The summed E-state index contributed by atoms with van der Waals surface area (Å²) in [4.78, 5) is 12.0. The third-order valence-corrected chi connectivity index (χ3v) is 3.48. The van der Waals surface area contributed by atoms with E-state index in [0.29, 0.717) is 18.1 Å². The van der Waals surface area contributed by atoms with Crippen molar-refractivity contribution >= 4 is 5.78 Å². The molecule has 1 aromatic rings. The number of aryl methyl sites for hydroxylation is 2. The van der Waals surface area contributed by atoms with Gasteiger partial charge in [-0.1, -0.05) is 6.92 Å². The van der Waals surface area contributed by atoms with Crippen LogP contribution in [0.4, 0.5) is 0 Å². The molecule has 4 nitrogen and oxygen atoms in total. The van der Waals surface area contributed by atoms with Gasteiger partial charge in [0.2, 0.25) is 0 Å². The molecule has 1 aromatic heterocycles. The van der Waals surface area contributed by atoms with E-state index in [-0.39, 0.29) is 5.92 Å². The maximum Gasteiger partial charge on any atom is 0.141 e. The lowest BCUT2D eigenvalue weighted by atomic mass is 9.84. The van der Waals surface area contributed by atoms with Gasteiger partial charge in [-0.25, -0.2) is 0 Å². The van der Waals surface area contributed by atoms with Crippen molar-refractivity contribution in [1.29, 1.82) is 0 Å². The van der Waals surface area contributed by atoms with E-state index in [2.05, 4.69) is 10.4 Å². The molecule has 1 aliphatic heterocycles. The maximum absolute atomic E-state index is 12.0. The molecule has 1 fully saturated rings. The summed E-state index contributed by atoms with van der Waals surface area (Å²) in [5, 5.41) is 7.46. The number of ketones is 1. The molecule has 0 saturated carbocycles. The first-order chi connectivity index (χ1) is 7.58. The zero-order valence-electron chi connectivity index (χ0n) is 10.2. The number of nitrogens with one attached hydrogen (secondary N) is 1. The fourth-order valence-corrected chi connectivity index (χ4v) is 2.10. The van der Waals surface area contributed by atoms with Crippen molar-refractivity contribution in [1.82, 2.24) is 15.1 Å². The smallest absolute Gasteiger partial charge is 0.141 e. The molecule has 0 aliphatic carbocycles. The van der Waals surface area contributed by atoms with Crippen LogP contribution in [0.3, 0.4) is 0 Å². The van der Waals surface area contributed by atoms with Crippen LogP contribution in [0, 0.1) is 18.8 Å². The summed E-state index contributed by atoms with van der Waals surface area (Å²) in [5.41, 5.74) is 1.99. The Labute approximate surface area is 96.0 Å². The number of hydrogen-bond acceptors (Lipinski definition) is 3. The second kappa shape index (κ2) is 4.37. The Morgan fingerprint density at radius 1 is 1.69 bits per heavy atom. The van der Waals surface area contributed by atoms with Gasteiger partial charge in [0.05, 0.1) is 5.69 Å². The molecule has 16 heavy (non-hydrogen) atoms. The van der Waals surface area contributed by atoms with Crippen molar-refractivity contribution in [2.24, 2.45) is 18.9 Å². The van der Waals surface area contributed by atoms with Crippen molar-refractivity contribution in [2.45, 2.75) is 20.3 Å². The van der Waals surface area contributed by atoms with Gasteiger partial charge in [-0.3, -0.25) is 9.48 Å². The average molecular weight is 221 g/mol. The molecule has 4 heteroatoms. The van der Waals surface area contributed by atoms with Gasteiger partial charge in [0.25, 0.3) is 0 Å². The number of carbonyl (C=O) groups is 1. The first-order valence-electron chi connectivity index (χ1n) is 5.81. The van der Waals surface area contributed by atoms with Crippen LogP contribution in [0.1, 0.15) is 18.3 Å². The minimum atomic E-state index is 0.163. The van der Waals surface area contributed by atoms with Gasteiger partial charge in [0.1, 0.15) is 5.78 Å². The lowest BCUT2D eigenvalue weighted by Gasteiger charge is -2.31. The van der Waals surface area contributed by atoms with E-state index in [4.69, 9.17) is 0 Å². The molecule has 1 saturated heterocycles. The van der Waals surface area contributed by atoms with Crippen LogP contribution in [-0.2, 0) is 18.3 Å². The SMILES string of the molecule is Cc1cc(CC(=O)C(C)C2CNC2)n(C)n1. The molecular formula is C12H19N3O. The van der Waals surface area contributed by atoms with Gasteiger partial charge in [-0.15, -0.1) is 0 Å². The lowest BCUT2D eigenvalue weighted by molar-refractivity contribution is -0.123.